The molecule has 1 N–H and O–H groups in total. The molecule has 0 saturated carbocycles. The number of furan rings is 1. The van der Waals surface area contributed by atoms with Crippen molar-refractivity contribution in [1.29, 1.82) is 0 Å². The molecule has 4 nitrogen and oxygen atoms in total. The summed E-state index contributed by atoms with van der Waals surface area (Å²) >= 11 is 1.04. The summed E-state index contributed by atoms with van der Waals surface area (Å²) in [5, 5.41) is 8.87. The zero-order valence-corrected chi connectivity index (χ0v) is 9.12. The summed E-state index contributed by atoms with van der Waals surface area (Å²) < 4.78 is 4.85. The highest BCUT2D eigenvalue weighted by atomic mass is 32.2. The van der Waals surface area contributed by atoms with Crippen molar-refractivity contribution in [1.82, 2.24) is 0 Å². The molecule has 1 aromatic heterocycles. The molecule has 0 aliphatic rings. The highest BCUT2D eigenvalue weighted by molar-refractivity contribution is 8.13. The second-order valence-electron chi connectivity index (χ2n) is 3.17. The Morgan fingerprint density at radius 3 is 2.80 bits per heavy atom. The van der Waals surface area contributed by atoms with E-state index >= 15 is 0 Å². The first kappa shape index (κ1) is 11.8. The van der Waals surface area contributed by atoms with Gasteiger partial charge in [-0.3, -0.25) is 9.59 Å². The Balaban J connectivity index is 2.51. The normalized spacial score (nSPS) is 12.3. The summed E-state index contributed by atoms with van der Waals surface area (Å²) in [7, 11) is 0. The molecule has 0 aromatic carbocycles. The van der Waals surface area contributed by atoms with Crippen LogP contribution in [0.1, 0.15) is 12.5 Å². The number of aliphatic carboxylic acids is 1. The van der Waals surface area contributed by atoms with E-state index in [2.05, 4.69) is 0 Å². The second kappa shape index (κ2) is 5.60. The van der Waals surface area contributed by atoms with Gasteiger partial charge in [-0.15, -0.1) is 0 Å². The van der Waals surface area contributed by atoms with Crippen molar-refractivity contribution in [3.8, 4) is 0 Å². The van der Waals surface area contributed by atoms with Crippen molar-refractivity contribution in [3.63, 3.8) is 0 Å². The van der Waals surface area contributed by atoms with Crippen molar-refractivity contribution in [3.05, 3.63) is 24.2 Å². The maximum Gasteiger partial charge on any atom is 0.307 e. The lowest BCUT2D eigenvalue weighted by atomic mass is 10.0. The number of carbonyl (C=O) groups is 2. The summed E-state index contributed by atoms with van der Waals surface area (Å²) in [5.74, 6) is -1.13. The van der Waals surface area contributed by atoms with Crippen LogP contribution in [-0.2, 0) is 16.0 Å². The average molecular weight is 228 g/mol. The molecule has 1 atom stereocenters. The Morgan fingerprint density at radius 1 is 1.60 bits per heavy atom. The maximum absolute atomic E-state index is 10.9. The minimum absolute atomic E-state index is 0.0616. The van der Waals surface area contributed by atoms with Gasteiger partial charge in [-0.1, -0.05) is 11.8 Å². The number of hydrogen-bond donors (Lipinski definition) is 1. The smallest absolute Gasteiger partial charge is 0.307 e. The van der Waals surface area contributed by atoms with Crippen LogP contribution >= 0.6 is 11.8 Å². The quantitative estimate of drug-likeness (QED) is 0.832. The van der Waals surface area contributed by atoms with E-state index in [9.17, 15) is 9.59 Å². The summed E-state index contributed by atoms with van der Waals surface area (Å²) in [6.07, 6.45) is 3.42. The number of thioether (sulfide) groups is 1. The summed E-state index contributed by atoms with van der Waals surface area (Å²) in [6.45, 7) is 1.43. The predicted molar refractivity (Wildman–Crippen MR) is 56.7 cm³/mol. The van der Waals surface area contributed by atoms with Gasteiger partial charge < -0.3 is 9.52 Å². The Kier molecular flexibility index (Phi) is 4.42. The minimum Gasteiger partial charge on any atom is -0.481 e. The Morgan fingerprint density at radius 2 is 2.33 bits per heavy atom. The average Bonchev–Trinajstić information content (AvgIpc) is 2.63. The molecule has 0 aliphatic heterocycles. The van der Waals surface area contributed by atoms with Gasteiger partial charge in [0.15, 0.2) is 5.12 Å². The van der Waals surface area contributed by atoms with Gasteiger partial charge in [0, 0.05) is 12.7 Å². The third-order valence-corrected chi connectivity index (χ3v) is 2.87. The number of rotatable bonds is 5. The lowest BCUT2D eigenvalue weighted by Crippen LogP contribution is -2.19. The first-order valence-corrected chi connectivity index (χ1v) is 5.45. The Hall–Kier alpha value is -1.23. The molecule has 0 fully saturated rings. The zero-order chi connectivity index (χ0) is 11.3. The van der Waals surface area contributed by atoms with Gasteiger partial charge in [-0.2, -0.15) is 0 Å². The molecule has 0 spiro atoms. The van der Waals surface area contributed by atoms with Gasteiger partial charge in [0.05, 0.1) is 18.4 Å². The lowest BCUT2D eigenvalue weighted by molar-refractivity contribution is -0.140. The molecule has 1 aromatic rings. The molecule has 0 saturated heterocycles. The lowest BCUT2D eigenvalue weighted by Gasteiger charge is -2.08. The SMILES string of the molecule is CC(=O)SCC(Cc1ccoc1)C(=O)O. The Bertz CT molecular complexity index is 331. The van der Waals surface area contributed by atoms with Crippen LogP contribution in [0.4, 0.5) is 0 Å². The van der Waals surface area contributed by atoms with E-state index in [1.54, 1.807) is 6.07 Å². The fourth-order valence-corrected chi connectivity index (χ4v) is 1.83. The minimum atomic E-state index is -0.884. The van der Waals surface area contributed by atoms with Gasteiger partial charge in [0.25, 0.3) is 0 Å². The van der Waals surface area contributed by atoms with E-state index in [4.69, 9.17) is 9.52 Å². The number of carboxylic acid groups (broad SMARTS) is 1. The molecule has 0 amide bonds. The number of carboxylic acids is 1. The molecule has 1 rings (SSSR count). The van der Waals surface area contributed by atoms with Crippen LogP contribution in [0.25, 0.3) is 0 Å². The molecular weight excluding hydrogens is 216 g/mol. The van der Waals surface area contributed by atoms with Crippen LogP contribution in [-0.4, -0.2) is 21.9 Å². The first-order valence-electron chi connectivity index (χ1n) is 4.47. The van der Waals surface area contributed by atoms with E-state index < -0.39 is 11.9 Å². The summed E-state index contributed by atoms with van der Waals surface area (Å²) in [5.41, 5.74) is 0.839. The standard InChI is InChI=1S/C10H12O4S/c1-7(11)15-6-9(10(12)13)4-8-2-3-14-5-8/h2-3,5,9H,4,6H2,1H3,(H,12,13). The van der Waals surface area contributed by atoms with Gasteiger partial charge in [0.1, 0.15) is 0 Å². The number of hydrogen-bond acceptors (Lipinski definition) is 4. The van der Waals surface area contributed by atoms with Crippen molar-refractivity contribution in [2.45, 2.75) is 13.3 Å². The molecule has 1 heterocycles. The molecular formula is C10H12O4S. The molecule has 0 aliphatic carbocycles. The fraction of sp³-hybridized carbons (Fsp3) is 0.400. The summed E-state index contributed by atoms with van der Waals surface area (Å²) in [4.78, 5) is 21.6. The fourth-order valence-electron chi connectivity index (χ4n) is 1.13. The van der Waals surface area contributed by atoms with Gasteiger partial charge in [0.2, 0.25) is 0 Å². The Labute approximate surface area is 91.7 Å². The van der Waals surface area contributed by atoms with E-state index in [0.717, 1.165) is 17.3 Å². The van der Waals surface area contributed by atoms with Crippen LogP contribution in [0.15, 0.2) is 23.0 Å². The number of carbonyl (C=O) groups excluding carboxylic acids is 1. The molecule has 15 heavy (non-hydrogen) atoms. The largest absolute Gasteiger partial charge is 0.481 e. The van der Waals surface area contributed by atoms with Gasteiger partial charge in [-0.25, -0.2) is 0 Å². The highest BCUT2D eigenvalue weighted by Gasteiger charge is 2.19. The summed E-state index contributed by atoms with van der Waals surface area (Å²) in [6, 6.07) is 1.73. The second-order valence-corrected chi connectivity index (χ2v) is 4.37. The monoisotopic (exact) mass is 228 g/mol. The highest BCUT2D eigenvalue weighted by Crippen LogP contribution is 2.15. The van der Waals surface area contributed by atoms with E-state index in [-0.39, 0.29) is 5.12 Å². The first-order chi connectivity index (χ1) is 7.09. The van der Waals surface area contributed by atoms with Crippen LogP contribution < -0.4 is 0 Å². The van der Waals surface area contributed by atoms with E-state index in [1.807, 2.05) is 0 Å². The molecule has 0 radical (unpaired) electrons. The zero-order valence-electron chi connectivity index (χ0n) is 8.30. The van der Waals surface area contributed by atoms with Crippen molar-refractivity contribution in [2.75, 3.05) is 5.75 Å². The van der Waals surface area contributed by atoms with Crippen molar-refractivity contribution >= 4 is 22.8 Å². The van der Waals surface area contributed by atoms with Crippen molar-refractivity contribution < 1.29 is 19.1 Å². The molecule has 82 valence electrons. The van der Waals surface area contributed by atoms with Crippen LogP contribution in [0.3, 0.4) is 0 Å². The predicted octanol–water partition coefficient (Wildman–Crippen LogP) is 1.80. The maximum atomic E-state index is 10.9. The third kappa shape index (κ3) is 4.20. The van der Waals surface area contributed by atoms with E-state index in [1.165, 1.54) is 19.5 Å². The van der Waals surface area contributed by atoms with Gasteiger partial charge >= 0.3 is 5.97 Å². The van der Waals surface area contributed by atoms with Crippen molar-refractivity contribution in [2.24, 2.45) is 5.92 Å². The van der Waals surface area contributed by atoms with Crippen LogP contribution in [0, 0.1) is 5.92 Å². The van der Waals surface area contributed by atoms with E-state index in [0.29, 0.717) is 12.2 Å². The van der Waals surface area contributed by atoms with Crippen LogP contribution in [0.5, 0.6) is 0 Å². The molecule has 5 heteroatoms. The molecule has 1 unspecified atom stereocenters. The third-order valence-electron chi connectivity index (χ3n) is 1.90. The van der Waals surface area contributed by atoms with Gasteiger partial charge in [-0.05, 0) is 18.1 Å². The topological polar surface area (TPSA) is 67.5 Å². The molecule has 0 bridgehead atoms. The van der Waals surface area contributed by atoms with Crippen LogP contribution in [0.2, 0.25) is 0 Å².